The normalized spacial score (nSPS) is 13.4. The van der Waals surface area contributed by atoms with Gasteiger partial charge in [-0.15, -0.1) is 0 Å². The molecule has 1 N–H and O–H groups in total. The van der Waals surface area contributed by atoms with Gasteiger partial charge in [0.05, 0.1) is 6.10 Å². The van der Waals surface area contributed by atoms with E-state index in [-0.39, 0.29) is 5.92 Å². The molecule has 0 aliphatic heterocycles. The van der Waals surface area contributed by atoms with Crippen LogP contribution >= 0.6 is 31.9 Å². The Morgan fingerprint density at radius 1 is 1.38 bits per heavy atom. The second-order valence-electron chi connectivity index (χ2n) is 3.22. The number of halogens is 2. The zero-order valence-electron chi connectivity index (χ0n) is 7.46. The molecule has 1 unspecified atom stereocenters. The molecule has 0 aromatic carbocycles. The molecule has 0 saturated heterocycles. The van der Waals surface area contributed by atoms with Gasteiger partial charge in [0.1, 0.15) is 4.60 Å². The molecule has 0 amide bonds. The van der Waals surface area contributed by atoms with Crippen LogP contribution in [0.5, 0.6) is 0 Å². The summed E-state index contributed by atoms with van der Waals surface area (Å²) in [5.41, 5.74) is 0.872. The first-order chi connectivity index (χ1) is 6.02. The SMILES string of the molecule is CC(C)C(O)c1cc(Br)ncc1Br. The molecule has 13 heavy (non-hydrogen) atoms. The number of aromatic nitrogens is 1. The number of hydrogen-bond acceptors (Lipinski definition) is 2. The average Bonchev–Trinajstić information content (AvgIpc) is 2.08. The van der Waals surface area contributed by atoms with Crippen molar-refractivity contribution in [3.8, 4) is 0 Å². The highest BCUT2D eigenvalue weighted by Crippen LogP contribution is 2.29. The van der Waals surface area contributed by atoms with Crippen molar-refractivity contribution in [2.75, 3.05) is 0 Å². The minimum atomic E-state index is -0.450. The number of nitrogens with zero attached hydrogens (tertiary/aromatic N) is 1. The second kappa shape index (κ2) is 4.53. The molecule has 1 rings (SSSR count). The number of aliphatic hydroxyl groups is 1. The molecule has 0 fully saturated rings. The van der Waals surface area contributed by atoms with Crippen molar-refractivity contribution in [2.45, 2.75) is 20.0 Å². The Morgan fingerprint density at radius 2 is 2.00 bits per heavy atom. The summed E-state index contributed by atoms with van der Waals surface area (Å²) in [5, 5.41) is 9.82. The number of rotatable bonds is 2. The molecular weight excluding hydrogens is 298 g/mol. The summed E-state index contributed by atoms with van der Waals surface area (Å²) in [6.07, 6.45) is 1.24. The first-order valence-electron chi connectivity index (χ1n) is 4.01. The minimum absolute atomic E-state index is 0.200. The Labute approximate surface area is 94.6 Å². The van der Waals surface area contributed by atoms with Crippen LogP contribution in [0.25, 0.3) is 0 Å². The van der Waals surface area contributed by atoms with Gasteiger partial charge in [-0.1, -0.05) is 13.8 Å². The maximum atomic E-state index is 9.82. The minimum Gasteiger partial charge on any atom is -0.388 e. The van der Waals surface area contributed by atoms with E-state index >= 15 is 0 Å². The molecule has 4 heteroatoms. The van der Waals surface area contributed by atoms with E-state index in [9.17, 15) is 5.11 Å². The largest absolute Gasteiger partial charge is 0.388 e. The molecule has 2 nitrogen and oxygen atoms in total. The number of hydrogen-bond donors (Lipinski definition) is 1. The van der Waals surface area contributed by atoms with Crippen LogP contribution in [0, 0.1) is 5.92 Å². The van der Waals surface area contributed by atoms with Crippen LogP contribution in [0.1, 0.15) is 25.5 Å². The zero-order chi connectivity index (χ0) is 10.0. The highest BCUT2D eigenvalue weighted by Gasteiger charge is 2.15. The molecule has 1 heterocycles. The lowest BCUT2D eigenvalue weighted by Gasteiger charge is -2.16. The predicted octanol–water partition coefficient (Wildman–Crippen LogP) is 3.30. The van der Waals surface area contributed by atoms with Gasteiger partial charge in [-0.3, -0.25) is 0 Å². The molecule has 0 bridgehead atoms. The highest BCUT2D eigenvalue weighted by molar-refractivity contribution is 9.11. The molecule has 0 radical (unpaired) electrons. The van der Waals surface area contributed by atoms with E-state index in [1.165, 1.54) is 0 Å². The summed E-state index contributed by atoms with van der Waals surface area (Å²) in [6, 6.07) is 1.83. The smallest absolute Gasteiger partial charge is 0.106 e. The fourth-order valence-electron chi connectivity index (χ4n) is 1.01. The van der Waals surface area contributed by atoms with E-state index in [1.54, 1.807) is 6.20 Å². The Kier molecular flexibility index (Phi) is 3.88. The van der Waals surface area contributed by atoms with Gasteiger partial charge >= 0.3 is 0 Å². The molecule has 1 aromatic heterocycles. The maximum absolute atomic E-state index is 9.82. The Morgan fingerprint density at radius 3 is 2.54 bits per heavy atom. The molecule has 72 valence electrons. The topological polar surface area (TPSA) is 33.1 Å². The van der Waals surface area contributed by atoms with Crippen LogP contribution < -0.4 is 0 Å². The standard InChI is InChI=1S/C9H11Br2NO/c1-5(2)9(13)6-3-8(11)12-4-7(6)10/h3-5,9,13H,1-2H3. The van der Waals surface area contributed by atoms with Crippen LogP contribution in [0.2, 0.25) is 0 Å². The lowest BCUT2D eigenvalue weighted by atomic mass is 10.0. The van der Waals surface area contributed by atoms with Gasteiger partial charge < -0.3 is 5.11 Å². The second-order valence-corrected chi connectivity index (χ2v) is 4.88. The fourth-order valence-corrected chi connectivity index (χ4v) is 1.81. The van der Waals surface area contributed by atoms with Crippen LogP contribution in [0.15, 0.2) is 21.3 Å². The van der Waals surface area contributed by atoms with Crippen LogP contribution in [-0.4, -0.2) is 10.1 Å². The summed E-state index contributed by atoms with van der Waals surface area (Å²) in [7, 11) is 0. The monoisotopic (exact) mass is 307 g/mol. The first kappa shape index (κ1) is 11.1. The van der Waals surface area contributed by atoms with E-state index in [2.05, 4.69) is 36.8 Å². The quantitative estimate of drug-likeness (QED) is 0.850. The van der Waals surface area contributed by atoms with Gasteiger partial charge in [0.2, 0.25) is 0 Å². The number of pyridine rings is 1. The lowest BCUT2D eigenvalue weighted by molar-refractivity contribution is 0.126. The molecule has 0 saturated carbocycles. The van der Waals surface area contributed by atoms with Crippen molar-refractivity contribution in [1.82, 2.24) is 4.98 Å². The first-order valence-corrected chi connectivity index (χ1v) is 5.60. The predicted molar refractivity (Wildman–Crippen MR) is 59.4 cm³/mol. The molecular formula is C9H11Br2NO. The van der Waals surface area contributed by atoms with Crippen molar-refractivity contribution in [3.05, 3.63) is 26.9 Å². The third-order valence-corrected chi connectivity index (χ3v) is 2.90. The summed E-state index contributed by atoms with van der Waals surface area (Å²) < 4.78 is 1.59. The van der Waals surface area contributed by atoms with Gasteiger partial charge in [-0.25, -0.2) is 4.98 Å². The summed E-state index contributed by atoms with van der Waals surface area (Å²) >= 11 is 6.63. The van der Waals surface area contributed by atoms with Crippen molar-refractivity contribution in [2.24, 2.45) is 5.92 Å². The van der Waals surface area contributed by atoms with E-state index in [0.717, 1.165) is 14.6 Å². The van der Waals surface area contributed by atoms with Crippen LogP contribution in [0.3, 0.4) is 0 Å². The van der Waals surface area contributed by atoms with Gasteiger partial charge in [0.25, 0.3) is 0 Å². The average molecular weight is 309 g/mol. The van der Waals surface area contributed by atoms with Gasteiger partial charge in [0, 0.05) is 10.7 Å². The molecule has 0 aliphatic carbocycles. The molecule has 1 atom stereocenters. The summed E-state index contributed by atoms with van der Waals surface area (Å²) in [4.78, 5) is 4.04. The van der Waals surface area contributed by atoms with Crippen LogP contribution in [-0.2, 0) is 0 Å². The Bertz CT molecular complexity index is 302. The van der Waals surface area contributed by atoms with Crippen molar-refractivity contribution in [1.29, 1.82) is 0 Å². The molecule has 0 spiro atoms. The van der Waals surface area contributed by atoms with E-state index < -0.39 is 6.10 Å². The third kappa shape index (κ3) is 2.76. The maximum Gasteiger partial charge on any atom is 0.106 e. The van der Waals surface area contributed by atoms with E-state index in [0.29, 0.717) is 0 Å². The van der Waals surface area contributed by atoms with E-state index in [1.807, 2.05) is 19.9 Å². The zero-order valence-corrected chi connectivity index (χ0v) is 10.6. The number of aliphatic hydroxyl groups excluding tert-OH is 1. The Hall–Kier alpha value is 0.0700. The highest BCUT2D eigenvalue weighted by atomic mass is 79.9. The van der Waals surface area contributed by atoms with Gasteiger partial charge in [0.15, 0.2) is 0 Å². The van der Waals surface area contributed by atoms with Gasteiger partial charge in [-0.2, -0.15) is 0 Å². The lowest BCUT2D eigenvalue weighted by Crippen LogP contribution is -2.06. The fraction of sp³-hybridized carbons (Fsp3) is 0.444. The van der Waals surface area contributed by atoms with Crippen molar-refractivity contribution in [3.63, 3.8) is 0 Å². The van der Waals surface area contributed by atoms with Crippen molar-refractivity contribution < 1.29 is 5.11 Å². The van der Waals surface area contributed by atoms with E-state index in [4.69, 9.17) is 0 Å². The third-order valence-electron chi connectivity index (χ3n) is 1.80. The van der Waals surface area contributed by atoms with Gasteiger partial charge in [-0.05, 0) is 49.4 Å². The molecule has 0 aliphatic rings. The van der Waals surface area contributed by atoms with Crippen molar-refractivity contribution >= 4 is 31.9 Å². The summed E-state index contributed by atoms with van der Waals surface area (Å²) in [5.74, 6) is 0.200. The van der Waals surface area contributed by atoms with Crippen LogP contribution in [0.4, 0.5) is 0 Å². The summed E-state index contributed by atoms with van der Waals surface area (Å²) in [6.45, 7) is 3.96. The molecule has 1 aromatic rings. The Balaban J connectivity index is 3.05.